The number of rotatable bonds is 0. The maximum atomic E-state index is 13.2. The number of hydrogen-bond donors (Lipinski definition) is 0. The molecule has 2 nitrogen and oxygen atoms in total. The Hall–Kier alpha value is -1.82. The molecule has 0 saturated heterocycles. The lowest BCUT2D eigenvalue weighted by Crippen LogP contribution is -2.20. The number of nitriles is 1. The van der Waals surface area contributed by atoms with E-state index < -0.39 is 0 Å². The molecule has 1 aliphatic heterocycles. The van der Waals surface area contributed by atoms with Gasteiger partial charge in [-0.05, 0) is 12.1 Å². The van der Waals surface area contributed by atoms with E-state index in [4.69, 9.17) is 5.26 Å². The first-order valence-corrected chi connectivity index (χ1v) is 3.95. The Morgan fingerprint density at radius 3 is 3.08 bits per heavy atom. The summed E-state index contributed by atoms with van der Waals surface area (Å²) in [6.45, 7) is 0.521. The Labute approximate surface area is 75.5 Å². The Balaban J connectivity index is 2.61. The average molecular weight is 174 g/mol. The second-order valence-corrected chi connectivity index (χ2v) is 2.79. The number of fused-ring (bicyclic) bond motifs is 1. The van der Waals surface area contributed by atoms with Crippen molar-refractivity contribution in [2.45, 2.75) is 0 Å². The van der Waals surface area contributed by atoms with Crippen LogP contribution in [0.5, 0.6) is 0 Å². The summed E-state index contributed by atoms with van der Waals surface area (Å²) in [7, 11) is 0. The molecule has 1 heterocycles. The largest absolute Gasteiger partial charge is 0.275 e. The normalized spacial score (nSPS) is 13.7. The third kappa shape index (κ3) is 1.17. The van der Waals surface area contributed by atoms with Crippen LogP contribution in [0.4, 0.5) is 10.1 Å². The number of benzene rings is 1. The third-order valence-electron chi connectivity index (χ3n) is 2.01. The fraction of sp³-hybridized carbons (Fsp3) is 0.100. The maximum Gasteiger partial charge on any atom is 0.184 e. The highest BCUT2D eigenvalue weighted by molar-refractivity contribution is 5.73. The molecule has 1 aromatic carbocycles. The number of halogens is 1. The lowest BCUT2D eigenvalue weighted by Gasteiger charge is -2.20. The molecule has 1 aliphatic rings. The summed E-state index contributed by atoms with van der Waals surface area (Å²) in [5.74, 6) is -0.284. The Bertz CT molecular complexity index is 404. The standard InChI is InChI=1S/C10H7FN2/c11-9-4-1-5-10-8(9)3-2-6-13(10)7-12/h1-5H,6H2. The van der Waals surface area contributed by atoms with Gasteiger partial charge in [-0.25, -0.2) is 4.39 Å². The topological polar surface area (TPSA) is 27.0 Å². The molecule has 64 valence electrons. The van der Waals surface area contributed by atoms with Crippen molar-refractivity contribution in [2.75, 3.05) is 11.4 Å². The molecule has 0 atom stereocenters. The number of nitrogens with zero attached hydrogens (tertiary/aromatic N) is 2. The van der Waals surface area contributed by atoms with Crippen LogP contribution in [0, 0.1) is 17.3 Å². The molecular formula is C10H7FN2. The highest BCUT2D eigenvalue weighted by Gasteiger charge is 2.14. The molecule has 0 unspecified atom stereocenters. The van der Waals surface area contributed by atoms with Gasteiger partial charge in [0.05, 0.1) is 12.2 Å². The van der Waals surface area contributed by atoms with Crippen molar-refractivity contribution in [3.63, 3.8) is 0 Å². The van der Waals surface area contributed by atoms with E-state index in [0.717, 1.165) is 0 Å². The first kappa shape index (κ1) is 7.81. The SMILES string of the molecule is N#CN1CC=Cc2c(F)cccc21. The van der Waals surface area contributed by atoms with Gasteiger partial charge in [-0.3, -0.25) is 4.90 Å². The highest BCUT2D eigenvalue weighted by atomic mass is 19.1. The molecule has 0 aromatic heterocycles. The van der Waals surface area contributed by atoms with E-state index in [0.29, 0.717) is 17.8 Å². The zero-order chi connectivity index (χ0) is 9.26. The first-order valence-electron chi connectivity index (χ1n) is 3.95. The van der Waals surface area contributed by atoms with E-state index in [-0.39, 0.29) is 5.82 Å². The summed E-state index contributed by atoms with van der Waals surface area (Å²) in [5.41, 5.74) is 1.14. The van der Waals surface area contributed by atoms with E-state index in [2.05, 4.69) is 0 Å². The fourth-order valence-electron chi connectivity index (χ4n) is 1.40. The molecule has 13 heavy (non-hydrogen) atoms. The van der Waals surface area contributed by atoms with Crippen LogP contribution in [-0.2, 0) is 0 Å². The summed E-state index contributed by atoms with van der Waals surface area (Å²) in [6.07, 6.45) is 5.48. The van der Waals surface area contributed by atoms with Crippen LogP contribution in [0.15, 0.2) is 24.3 Å². The fourth-order valence-corrected chi connectivity index (χ4v) is 1.40. The lowest BCUT2D eigenvalue weighted by atomic mass is 10.1. The van der Waals surface area contributed by atoms with E-state index in [1.807, 2.05) is 6.19 Å². The lowest BCUT2D eigenvalue weighted by molar-refractivity contribution is 0.624. The molecule has 0 bridgehead atoms. The molecule has 0 amide bonds. The van der Waals surface area contributed by atoms with Gasteiger partial charge in [-0.1, -0.05) is 18.2 Å². The van der Waals surface area contributed by atoms with Gasteiger partial charge in [0.15, 0.2) is 6.19 Å². The van der Waals surface area contributed by atoms with Crippen molar-refractivity contribution < 1.29 is 4.39 Å². The molecule has 1 aromatic rings. The smallest absolute Gasteiger partial charge is 0.184 e. The van der Waals surface area contributed by atoms with Gasteiger partial charge in [-0.2, -0.15) is 5.26 Å². The van der Waals surface area contributed by atoms with Gasteiger partial charge >= 0.3 is 0 Å². The van der Waals surface area contributed by atoms with Crippen molar-refractivity contribution >= 4 is 11.8 Å². The van der Waals surface area contributed by atoms with Gasteiger partial charge in [-0.15, -0.1) is 0 Å². The molecule has 0 spiro atoms. The van der Waals surface area contributed by atoms with Crippen LogP contribution in [0.1, 0.15) is 5.56 Å². The first-order chi connectivity index (χ1) is 6.33. The monoisotopic (exact) mass is 174 g/mol. The van der Waals surface area contributed by atoms with Gasteiger partial charge in [0.1, 0.15) is 5.82 Å². The summed E-state index contributed by atoms with van der Waals surface area (Å²) in [4.78, 5) is 1.46. The highest BCUT2D eigenvalue weighted by Crippen LogP contribution is 2.26. The zero-order valence-corrected chi connectivity index (χ0v) is 6.87. The molecule has 0 radical (unpaired) electrons. The Kier molecular flexibility index (Phi) is 1.75. The minimum atomic E-state index is -0.284. The Morgan fingerprint density at radius 1 is 1.46 bits per heavy atom. The molecule has 0 N–H and O–H groups in total. The van der Waals surface area contributed by atoms with Crippen molar-refractivity contribution in [2.24, 2.45) is 0 Å². The van der Waals surface area contributed by atoms with Crippen LogP contribution < -0.4 is 4.90 Å². The van der Waals surface area contributed by atoms with E-state index >= 15 is 0 Å². The number of anilines is 1. The van der Waals surface area contributed by atoms with E-state index in [1.54, 1.807) is 24.3 Å². The summed E-state index contributed by atoms with van der Waals surface area (Å²) in [6, 6.07) is 4.74. The zero-order valence-electron chi connectivity index (χ0n) is 6.87. The second kappa shape index (κ2) is 2.91. The Morgan fingerprint density at radius 2 is 2.31 bits per heavy atom. The molecule has 0 aliphatic carbocycles. The minimum Gasteiger partial charge on any atom is -0.275 e. The van der Waals surface area contributed by atoms with Crippen LogP contribution in [0.2, 0.25) is 0 Å². The number of hydrogen-bond acceptors (Lipinski definition) is 2. The van der Waals surface area contributed by atoms with Crippen molar-refractivity contribution in [1.82, 2.24) is 0 Å². The second-order valence-electron chi connectivity index (χ2n) is 2.79. The van der Waals surface area contributed by atoms with Crippen LogP contribution in [0.3, 0.4) is 0 Å². The third-order valence-corrected chi connectivity index (χ3v) is 2.01. The predicted molar refractivity (Wildman–Crippen MR) is 48.4 cm³/mol. The van der Waals surface area contributed by atoms with Gasteiger partial charge in [0, 0.05) is 5.56 Å². The average Bonchev–Trinajstić information content (AvgIpc) is 2.18. The summed E-state index contributed by atoms with van der Waals surface area (Å²) >= 11 is 0. The molecule has 0 saturated carbocycles. The van der Waals surface area contributed by atoms with Crippen molar-refractivity contribution in [3.05, 3.63) is 35.7 Å². The molecular weight excluding hydrogens is 167 g/mol. The summed E-state index contributed by atoms with van der Waals surface area (Å²) < 4.78 is 13.2. The van der Waals surface area contributed by atoms with Crippen LogP contribution >= 0.6 is 0 Å². The van der Waals surface area contributed by atoms with Crippen LogP contribution in [-0.4, -0.2) is 6.54 Å². The molecule has 2 rings (SSSR count). The summed E-state index contributed by atoms with van der Waals surface area (Å²) in [5, 5.41) is 8.75. The molecule has 0 fully saturated rings. The van der Waals surface area contributed by atoms with Gasteiger partial charge in [0.25, 0.3) is 0 Å². The van der Waals surface area contributed by atoms with Crippen LogP contribution in [0.25, 0.3) is 6.08 Å². The predicted octanol–water partition coefficient (Wildman–Crippen LogP) is 2.14. The van der Waals surface area contributed by atoms with Crippen molar-refractivity contribution in [3.8, 4) is 6.19 Å². The van der Waals surface area contributed by atoms with E-state index in [9.17, 15) is 4.39 Å². The van der Waals surface area contributed by atoms with Gasteiger partial charge < -0.3 is 0 Å². The van der Waals surface area contributed by atoms with Gasteiger partial charge in [0.2, 0.25) is 0 Å². The maximum absolute atomic E-state index is 13.2. The molecule has 3 heteroatoms. The quantitative estimate of drug-likeness (QED) is 0.563. The minimum absolute atomic E-state index is 0.284. The van der Waals surface area contributed by atoms with Crippen molar-refractivity contribution in [1.29, 1.82) is 5.26 Å². The van der Waals surface area contributed by atoms with E-state index in [1.165, 1.54) is 11.0 Å².